The first-order valence-electron chi connectivity index (χ1n) is 5.74. The fourth-order valence-electron chi connectivity index (χ4n) is 1.69. The molecular formula is C13H18ClFO. The van der Waals surface area contributed by atoms with Crippen LogP contribution in [-0.2, 0) is 5.85 Å². The summed E-state index contributed by atoms with van der Waals surface area (Å²) >= 11 is 5.85. The van der Waals surface area contributed by atoms with Gasteiger partial charge in [-0.1, -0.05) is 56.0 Å². The number of rotatable bonds is 6. The van der Waals surface area contributed by atoms with Crippen LogP contribution in [0.2, 0.25) is 5.02 Å². The monoisotopic (exact) mass is 244 g/mol. The zero-order chi connectivity index (χ0) is 12.0. The zero-order valence-electron chi connectivity index (χ0n) is 9.55. The van der Waals surface area contributed by atoms with E-state index in [2.05, 4.69) is 6.92 Å². The minimum Gasteiger partial charge on any atom is -0.358 e. The van der Waals surface area contributed by atoms with Gasteiger partial charge in [-0.2, -0.15) is 0 Å². The predicted molar refractivity (Wildman–Crippen MR) is 65.2 cm³/mol. The molecule has 0 spiro atoms. The summed E-state index contributed by atoms with van der Waals surface area (Å²) in [5.74, 6) is -2.30. The lowest BCUT2D eigenvalue weighted by atomic mass is 10.0. The largest absolute Gasteiger partial charge is 0.358 e. The van der Waals surface area contributed by atoms with Crippen LogP contribution in [0.3, 0.4) is 0 Å². The highest BCUT2D eigenvalue weighted by molar-refractivity contribution is 6.31. The van der Waals surface area contributed by atoms with E-state index in [9.17, 15) is 9.50 Å². The molecule has 0 amide bonds. The smallest absolute Gasteiger partial charge is 0.234 e. The number of aliphatic hydroxyl groups is 1. The summed E-state index contributed by atoms with van der Waals surface area (Å²) in [4.78, 5) is 0. The lowest BCUT2D eigenvalue weighted by Crippen LogP contribution is -2.19. The van der Waals surface area contributed by atoms with Crippen molar-refractivity contribution in [1.82, 2.24) is 0 Å². The van der Waals surface area contributed by atoms with Crippen molar-refractivity contribution in [1.29, 1.82) is 0 Å². The van der Waals surface area contributed by atoms with Crippen LogP contribution in [0, 0.1) is 0 Å². The third kappa shape index (κ3) is 3.76. The second kappa shape index (κ2) is 6.21. The molecule has 0 aliphatic rings. The van der Waals surface area contributed by atoms with E-state index in [0.29, 0.717) is 6.42 Å². The van der Waals surface area contributed by atoms with Crippen molar-refractivity contribution in [3.05, 3.63) is 34.9 Å². The Hall–Kier alpha value is -0.600. The Labute approximate surface area is 101 Å². The molecule has 0 aliphatic carbocycles. The highest BCUT2D eigenvalue weighted by atomic mass is 35.5. The third-order valence-corrected chi connectivity index (χ3v) is 2.98. The standard InChI is InChI=1S/C13H18ClFO/c1-2-3-4-7-10-13(15,16)11-8-5-6-9-12(11)14/h5-6,8-9,16H,2-4,7,10H2,1H3. The molecule has 16 heavy (non-hydrogen) atoms. The number of hydrogen-bond donors (Lipinski definition) is 1. The number of hydrogen-bond acceptors (Lipinski definition) is 1. The van der Waals surface area contributed by atoms with Crippen LogP contribution in [0.15, 0.2) is 24.3 Å². The van der Waals surface area contributed by atoms with Crippen LogP contribution < -0.4 is 0 Å². The maximum absolute atomic E-state index is 14.0. The molecule has 0 aromatic heterocycles. The zero-order valence-corrected chi connectivity index (χ0v) is 10.3. The Kier molecular flexibility index (Phi) is 5.23. The van der Waals surface area contributed by atoms with Gasteiger partial charge < -0.3 is 5.11 Å². The molecule has 0 radical (unpaired) electrons. The van der Waals surface area contributed by atoms with E-state index < -0.39 is 5.85 Å². The lowest BCUT2D eigenvalue weighted by molar-refractivity contribution is -0.103. The number of alkyl halides is 1. The van der Waals surface area contributed by atoms with Gasteiger partial charge in [0.1, 0.15) is 0 Å². The van der Waals surface area contributed by atoms with E-state index in [1.54, 1.807) is 18.2 Å². The molecule has 0 fully saturated rings. The molecule has 1 N–H and O–H groups in total. The van der Waals surface area contributed by atoms with Crippen molar-refractivity contribution in [3.8, 4) is 0 Å². The summed E-state index contributed by atoms with van der Waals surface area (Å²) in [6.07, 6.45) is 3.88. The summed E-state index contributed by atoms with van der Waals surface area (Å²) in [7, 11) is 0. The molecule has 1 nitrogen and oxygen atoms in total. The van der Waals surface area contributed by atoms with E-state index in [1.165, 1.54) is 6.07 Å². The Bertz CT molecular complexity index is 325. The molecule has 0 aliphatic heterocycles. The van der Waals surface area contributed by atoms with E-state index in [0.717, 1.165) is 19.3 Å². The molecule has 1 rings (SSSR count). The van der Waals surface area contributed by atoms with Gasteiger partial charge in [-0.15, -0.1) is 0 Å². The molecule has 0 heterocycles. The van der Waals surface area contributed by atoms with E-state index in [-0.39, 0.29) is 17.0 Å². The van der Waals surface area contributed by atoms with E-state index in [1.807, 2.05) is 0 Å². The molecule has 0 saturated heterocycles. The molecular weight excluding hydrogens is 227 g/mol. The van der Waals surface area contributed by atoms with Crippen LogP contribution >= 0.6 is 11.6 Å². The summed E-state index contributed by atoms with van der Waals surface area (Å²) in [6, 6.07) is 6.52. The summed E-state index contributed by atoms with van der Waals surface area (Å²) in [5, 5.41) is 10.00. The maximum Gasteiger partial charge on any atom is 0.234 e. The molecule has 0 saturated carbocycles. The van der Waals surface area contributed by atoms with Crippen molar-refractivity contribution in [2.24, 2.45) is 0 Å². The maximum atomic E-state index is 14.0. The average molecular weight is 245 g/mol. The van der Waals surface area contributed by atoms with Crippen molar-refractivity contribution in [2.45, 2.75) is 44.9 Å². The lowest BCUT2D eigenvalue weighted by Gasteiger charge is -2.20. The highest BCUT2D eigenvalue weighted by Gasteiger charge is 2.29. The second-order valence-electron chi connectivity index (χ2n) is 4.05. The molecule has 1 atom stereocenters. The van der Waals surface area contributed by atoms with Crippen LogP contribution in [0.1, 0.15) is 44.6 Å². The Morgan fingerprint density at radius 1 is 1.25 bits per heavy atom. The molecule has 1 unspecified atom stereocenters. The molecule has 3 heteroatoms. The van der Waals surface area contributed by atoms with Gasteiger partial charge in [-0.25, -0.2) is 4.39 Å². The number of benzene rings is 1. The highest BCUT2D eigenvalue weighted by Crippen LogP contribution is 2.33. The first kappa shape index (κ1) is 13.5. The normalized spacial score (nSPS) is 14.8. The fourth-order valence-corrected chi connectivity index (χ4v) is 1.97. The topological polar surface area (TPSA) is 20.2 Å². The minimum absolute atomic E-state index is 0.108. The third-order valence-electron chi connectivity index (χ3n) is 2.65. The van der Waals surface area contributed by atoms with Gasteiger partial charge >= 0.3 is 0 Å². The van der Waals surface area contributed by atoms with E-state index in [4.69, 9.17) is 11.6 Å². The van der Waals surface area contributed by atoms with Crippen LogP contribution in [0.25, 0.3) is 0 Å². The van der Waals surface area contributed by atoms with Crippen LogP contribution in [0.5, 0.6) is 0 Å². The second-order valence-corrected chi connectivity index (χ2v) is 4.46. The predicted octanol–water partition coefficient (Wildman–Crippen LogP) is 4.43. The number of unbranched alkanes of at least 4 members (excludes halogenated alkanes) is 3. The van der Waals surface area contributed by atoms with E-state index >= 15 is 0 Å². The Balaban J connectivity index is 2.59. The summed E-state index contributed by atoms with van der Waals surface area (Å²) < 4.78 is 14.0. The van der Waals surface area contributed by atoms with Gasteiger partial charge in [-0.3, -0.25) is 0 Å². The molecule has 1 aromatic rings. The first-order valence-corrected chi connectivity index (χ1v) is 6.12. The van der Waals surface area contributed by atoms with Gasteiger partial charge in [0.15, 0.2) is 0 Å². The van der Waals surface area contributed by atoms with Crippen molar-refractivity contribution >= 4 is 11.6 Å². The average Bonchev–Trinajstić information content (AvgIpc) is 2.25. The van der Waals surface area contributed by atoms with Crippen LogP contribution in [0.4, 0.5) is 4.39 Å². The van der Waals surface area contributed by atoms with Gasteiger partial charge in [0.05, 0.1) is 0 Å². The van der Waals surface area contributed by atoms with Crippen molar-refractivity contribution in [2.75, 3.05) is 0 Å². The summed E-state index contributed by atoms with van der Waals surface area (Å²) in [5.41, 5.74) is 0.174. The van der Waals surface area contributed by atoms with Gasteiger partial charge in [-0.05, 0) is 12.5 Å². The SMILES string of the molecule is CCCCCCC(O)(F)c1ccccc1Cl. The van der Waals surface area contributed by atoms with Gasteiger partial charge in [0.2, 0.25) is 5.85 Å². The Morgan fingerprint density at radius 3 is 2.56 bits per heavy atom. The minimum atomic E-state index is -2.30. The quantitative estimate of drug-likeness (QED) is 0.735. The van der Waals surface area contributed by atoms with Crippen molar-refractivity contribution in [3.63, 3.8) is 0 Å². The van der Waals surface area contributed by atoms with Gasteiger partial charge in [0.25, 0.3) is 0 Å². The molecule has 0 bridgehead atoms. The van der Waals surface area contributed by atoms with Crippen molar-refractivity contribution < 1.29 is 9.50 Å². The first-order chi connectivity index (χ1) is 7.58. The number of halogens is 2. The fraction of sp³-hybridized carbons (Fsp3) is 0.538. The molecule has 90 valence electrons. The molecule has 1 aromatic carbocycles. The summed E-state index contributed by atoms with van der Waals surface area (Å²) in [6.45, 7) is 2.09. The Morgan fingerprint density at radius 2 is 1.94 bits per heavy atom. The van der Waals surface area contributed by atoms with Gasteiger partial charge in [0, 0.05) is 17.0 Å². The van der Waals surface area contributed by atoms with Crippen LogP contribution in [-0.4, -0.2) is 5.11 Å².